The van der Waals surface area contributed by atoms with Gasteiger partial charge in [-0.15, -0.1) is 24.0 Å². The number of halogens is 5. The minimum absolute atomic E-state index is 0. The van der Waals surface area contributed by atoms with E-state index in [-0.39, 0.29) is 42.4 Å². The lowest BCUT2D eigenvalue weighted by Crippen LogP contribution is -2.46. The van der Waals surface area contributed by atoms with Gasteiger partial charge >= 0.3 is 6.18 Å². The maximum atomic E-state index is 13.3. The summed E-state index contributed by atoms with van der Waals surface area (Å²) in [5, 5.41) is 6.30. The number of guanidine groups is 1. The van der Waals surface area contributed by atoms with Crippen LogP contribution >= 0.6 is 24.0 Å². The van der Waals surface area contributed by atoms with Crippen molar-refractivity contribution < 1.29 is 27.0 Å². The van der Waals surface area contributed by atoms with Crippen LogP contribution in [0.5, 0.6) is 0 Å². The molecular weight excluding hydrogens is 519 g/mol. The third-order valence-corrected chi connectivity index (χ3v) is 4.45. The molecule has 2 N–H and O–H groups in total. The van der Waals surface area contributed by atoms with Crippen molar-refractivity contribution in [3.63, 3.8) is 0 Å². The van der Waals surface area contributed by atoms with E-state index in [1.807, 2.05) is 0 Å². The molecular formula is C19H29F4IN4O2. The summed E-state index contributed by atoms with van der Waals surface area (Å²) < 4.78 is 59.4. The highest BCUT2D eigenvalue weighted by molar-refractivity contribution is 14.0. The lowest BCUT2D eigenvalue weighted by molar-refractivity contribution is -0.173. The second-order valence-corrected chi connectivity index (χ2v) is 6.62. The van der Waals surface area contributed by atoms with Gasteiger partial charge in [0.15, 0.2) is 5.96 Å². The van der Waals surface area contributed by atoms with Gasteiger partial charge in [0.2, 0.25) is 0 Å². The first-order chi connectivity index (χ1) is 13.9. The van der Waals surface area contributed by atoms with E-state index < -0.39 is 12.8 Å². The highest BCUT2D eigenvalue weighted by Crippen LogP contribution is 2.21. The fourth-order valence-corrected chi connectivity index (χ4v) is 3.01. The number of rotatable bonds is 9. The van der Waals surface area contributed by atoms with Crippen LogP contribution in [0.2, 0.25) is 0 Å². The van der Waals surface area contributed by atoms with Crippen LogP contribution in [0.25, 0.3) is 0 Å². The van der Waals surface area contributed by atoms with Crippen molar-refractivity contribution in [1.82, 2.24) is 15.5 Å². The zero-order valence-electron chi connectivity index (χ0n) is 16.9. The summed E-state index contributed by atoms with van der Waals surface area (Å²) in [6.07, 6.45) is -3.89. The number of hydrogen-bond donors (Lipinski definition) is 2. The second kappa shape index (κ2) is 14.0. The Morgan fingerprint density at radius 1 is 1.20 bits per heavy atom. The largest absolute Gasteiger partial charge is 0.411 e. The summed E-state index contributed by atoms with van der Waals surface area (Å²) in [5.41, 5.74) is 0.983. The predicted molar refractivity (Wildman–Crippen MR) is 118 cm³/mol. The van der Waals surface area contributed by atoms with E-state index in [0.717, 1.165) is 18.7 Å². The Kier molecular flexibility index (Phi) is 12.5. The lowest BCUT2D eigenvalue weighted by Gasteiger charge is -2.35. The van der Waals surface area contributed by atoms with E-state index in [9.17, 15) is 17.6 Å². The number of hydrogen-bond acceptors (Lipinski definition) is 4. The van der Waals surface area contributed by atoms with E-state index in [1.165, 1.54) is 12.1 Å². The predicted octanol–water partition coefficient (Wildman–Crippen LogP) is 2.95. The smallest absolute Gasteiger partial charge is 0.379 e. The highest BCUT2D eigenvalue weighted by atomic mass is 127. The molecule has 0 bridgehead atoms. The number of aliphatic imine (C=N–C) groups is 1. The molecule has 0 aromatic heterocycles. The van der Waals surface area contributed by atoms with Gasteiger partial charge in [-0.3, -0.25) is 9.89 Å². The molecule has 1 aliphatic rings. The monoisotopic (exact) mass is 548 g/mol. The summed E-state index contributed by atoms with van der Waals surface area (Å²) in [6, 6.07) is 6.43. The van der Waals surface area contributed by atoms with Crippen molar-refractivity contribution in [2.45, 2.75) is 18.6 Å². The summed E-state index contributed by atoms with van der Waals surface area (Å²) >= 11 is 0. The Morgan fingerprint density at radius 2 is 1.87 bits per heavy atom. The van der Waals surface area contributed by atoms with Gasteiger partial charge in [-0.25, -0.2) is 4.39 Å². The summed E-state index contributed by atoms with van der Waals surface area (Å²) in [6.45, 7) is 2.56. The average molecular weight is 548 g/mol. The van der Waals surface area contributed by atoms with Crippen molar-refractivity contribution >= 4 is 29.9 Å². The first kappa shape index (κ1) is 26.9. The summed E-state index contributed by atoms with van der Waals surface area (Å²) in [5.74, 6) is 0.258. The van der Waals surface area contributed by atoms with Crippen LogP contribution in [-0.4, -0.2) is 76.7 Å². The minimum Gasteiger partial charge on any atom is -0.379 e. The molecule has 6 nitrogen and oxygen atoms in total. The van der Waals surface area contributed by atoms with E-state index in [4.69, 9.17) is 4.74 Å². The standard InChI is InChI=1S/C19H28F4N4O2.HI/c1-24-18(25-7-2-10-29-14-19(21,22)23)26-13-17(27-8-11-28-12-9-27)15-3-5-16(20)6-4-15;/h3-6,17H,2,7-14H2,1H3,(H2,24,25,26);1H. The number of ether oxygens (including phenoxy) is 2. The van der Waals surface area contributed by atoms with E-state index in [1.54, 1.807) is 19.2 Å². The van der Waals surface area contributed by atoms with Gasteiger partial charge in [-0.2, -0.15) is 13.2 Å². The molecule has 172 valence electrons. The Morgan fingerprint density at radius 3 is 2.47 bits per heavy atom. The molecule has 1 atom stereocenters. The van der Waals surface area contributed by atoms with E-state index >= 15 is 0 Å². The molecule has 0 aliphatic carbocycles. The molecule has 1 aromatic rings. The third-order valence-electron chi connectivity index (χ3n) is 4.45. The SMILES string of the molecule is CN=C(NCCCOCC(F)(F)F)NCC(c1ccc(F)cc1)N1CCOCC1.I. The van der Waals surface area contributed by atoms with Gasteiger partial charge in [0.05, 0.1) is 19.3 Å². The fourth-order valence-electron chi connectivity index (χ4n) is 3.01. The molecule has 1 unspecified atom stereocenters. The topological polar surface area (TPSA) is 58.1 Å². The molecule has 0 spiro atoms. The lowest BCUT2D eigenvalue weighted by atomic mass is 10.0. The van der Waals surface area contributed by atoms with Crippen molar-refractivity contribution in [3.8, 4) is 0 Å². The van der Waals surface area contributed by atoms with Crippen LogP contribution in [0.1, 0.15) is 18.0 Å². The Hall–Kier alpha value is -1.18. The minimum atomic E-state index is -4.31. The Labute approximate surface area is 191 Å². The highest BCUT2D eigenvalue weighted by Gasteiger charge is 2.27. The molecule has 1 heterocycles. The second-order valence-electron chi connectivity index (χ2n) is 6.62. The first-order valence-corrected chi connectivity index (χ1v) is 9.55. The molecule has 30 heavy (non-hydrogen) atoms. The maximum Gasteiger partial charge on any atom is 0.411 e. The maximum absolute atomic E-state index is 13.3. The van der Waals surface area contributed by atoms with Crippen molar-refractivity contribution in [2.24, 2.45) is 4.99 Å². The summed E-state index contributed by atoms with van der Waals surface area (Å²) in [4.78, 5) is 6.41. The van der Waals surface area contributed by atoms with Gasteiger partial charge in [-0.1, -0.05) is 12.1 Å². The van der Waals surface area contributed by atoms with Crippen molar-refractivity contribution in [2.75, 3.05) is 59.7 Å². The van der Waals surface area contributed by atoms with Gasteiger partial charge in [-0.05, 0) is 24.1 Å². The molecule has 1 aromatic carbocycles. The van der Waals surface area contributed by atoms with Crippen molar-refractivity contribution in [3.05, 3.63) is 35.6 Å². The molecule has 1 aliphatic heterocycles. The molecule has 0 amide bonds. The fraction of sp³-hybridized carbons (Fsp3) is 0.632. The third kappa shape index (κ3) is 10.2. The van der Waals surface area contributed by atoms with E-state index in [0.29, 0.717) is 38.7 Å². The average Bonchev–Trinajstić information content (AvgIpc) is 2.70. The van der Waals surface area contributed by atoms with Crippen molar-refractivity contribution in [1.29, 1.82) is 0 Å². The van der Waals surface area contributed by atoms with E-state index in [2.05, 4.69) is 25.3 Å². The van der Waals surface area contributed by atoms with Crippen LogP contribution in [-0.2, 0) is 9.47 Å². The number of nitrogens with one attached hydrogen (secondary N) is 2. The van der Waals surface area contributed by atoms with Gasteiger partial charge in [0.25, 0.3) is 0 Å². The van der Waals surface area contributed by atoms with Gasteiger partial charge in [0.1, 0.15) is 12.4 Å². The summed E-state index contributed by atoms with van der Waals surface area (Å²) in [7, 11) is 1.62. The first-order valence-electron chi connectivity index (χ1n) is 9.55. The van der Waals surface area contributed by atoms with Crippen LogP contribution in [0.3, 0.4) is 0 Å². The molecule has 11 heteroatoms. The normalized spacial score (nSPS) is 16.6. The molecule has 2 rings (SSSR count). The van der Waals surface area contributed by atoms with Crippen LogP contribution < -0.4 is 10.6 Å². The number of alkyl halides is 3. The zero-order chi connectivity index (χ0) is 21.1. The Balaban J connectivity index is 0.00000450. The van der Waals surface area contributed by atoms with Gasteiger partial charge in [0, 0.05) is 39.8 Å². The van der Waals surface area contributed by atoms with Crippen LogP contribution in [0, 0.1) is 5.82 Å². The molecule has 0 radical (unpaired) electrons. The zero-order valence-corrected chi connectivity index (χ0v) is 19.2. The number of morpholine rings is 1. The Bertz CT molecular complexity index is 626. The van der Waals surface area contributed by atoms with Crippen LogP contribution in [0.4, 0.5) is 17.6 Å². The number of benzene rings is 1. The molecule has 0 saturated carbocycles. The molecule has 1 saturated heterocycles. The molecule has 1 fully saturated rings. The number of nitrogens with zero attached hydrogens (tertiary/aromatic N) is 2. The van der Waals surface area contributed by atoms with Crippen LogP contribution in [0.15, 0.2) is 29.3 Å². The van der Waals surface area contributed by atoms with Gasteiger partial charge < -0.3 is 20.1 Å². The quantitative estimate of drug-likeness (QED) is 0.164.